The third-order valence-corrected chi connectivity index (χ3v) is 5.56. The number of esters is 2. The monoisotopic (exact) mass is 478 g/mol. The molecule has 0 saturated carbocycles. The zero-order chi connectivity index (χ0) is 23.5. The molecule has 0 aliphatic carbocycles. The van der Waals surface area contributed by atoms with E-state index in [0.717, 1.165) is 16.9 Å². The van der Waals surface area contributed by atoms with Crippen LogP contribution in [0.3, 0.4) is 0 Å². The number of nitrogens with zero attached hydrogens (tertiary/aromatic N) is 4. The number of anilines is 1. The zero-order valence-electron chi connectivity index (χ0n) is 18.2. The van der Waals surface area contributed by atoms with Crippen LogP contribution in [0.25, 0.3) is 0 Å². The first kappa shape index (κ1) is 25.3. The van der Waals surface area contributed by atoms with Crippen LogP contribution < -0.4 is 10.6 Å². The van der Waals surface area contributed by atoms with Crippen LogP contribution in [-0.4, -0.2) is 48.4 Å². The number of rotatable bonds is 11. The third kappa shape index (κ3) is 9.02. The molecule has 1 aromatic carbocycles. The predicted molar refractivity (Wildman–Crippen MR) is 126 cm³/mol. The maximum atomic E-state index is 11.1. The molecule has 10 nitrogen and oxygen atoms in total. The number of nitrogens with one attached hydrogen (secondary N) is 1. The van der Waals surface area contributed by atoms with Gasteiger partial charge in [0, 0.05) is 30.7 Å². The van der Waals surface area contributed by atoms with Crippen molar-refractivity contribution < 1.29 is 19.1 Å². The molecular weight excluding hydrogens is 452 g/mol. The highest BCUT2D eigenvalue weighted by Gasteiger charge is 2.11. The van der Waals surface area contributed by atoms with Crippen molar-refractivity contribution in [2.75, 3.05) is 31.2 Å². The van der Waals surface area contributed by atoms with Gasteiger partial charge in [0.1, 0.15) is 13.2 Å². The van der Waals surface area contributed by atoms with E-state index in [1.165, 1.54) is 36.9 Å². The first-order valence-electron chi connectivity index (χ1n) is 9.70. The van der Waals surface area contributed by atoms with Gasteiger partial charge in [0.05, 0.1) is 24.5 Å². The van der Waals surface area contributed by atoms with E-state index >= 15 is 0 Å². The standard InChI is InChI=1S/C20H26N6O4S2/c1-13-10-17(26(6-8-29-14(2)27)7-9-30-15(3)28)4-5-18(13)24-25-20-23-16(12-32-20)11-31-19(21)22/h4-5,10,12H,6-9,11H2,1-3H3,(H3,21,22). The quantitative estimate of drug-likeness (QED) is 0.214. The smallest absolute Gasteiger partial charge is 0.302 e. The van der Waals surface area contributed by atoms with E-state index in [1.54, 1.807) is 0 Å². The summed E-state index contributed by atoms with van der Waals surface area (Å²) in [7, 11) is 0. The Hall–Kier alpha value is -2.99. The Balaban J connectivity index is 2.07. The van der Waals surface area contributed by atoms with Crippen molar-refractivity contribution in [2.45, 2.75) is 26.5 Å². The highest BCUT2D eigenvalue weighted by atomic mass is 32.2. The van der Waals surface area contributed by atoms with Gasteiger partial charge in [0.15, 0.2) is 5.17 Å². The Morgan fingerprint density at radius 3 is 2.41 bits per heavy atom. The molecule has 1 heterocycles. The summed E-state index contributed by atoms with van der Waals surface area (Å²) in [6.07, 6.45) is 0. The van der Waals surface area contributed by atoms with Crippen molar-refractivity contribution >= 4 is 56.7 Å². The van der Waals surface area contributed by atoms with E-state index in [4.69, 9.17) is 20.6 Å². The predicted octanol–water partition coefficient (Wildman–Crippen LogP) is 3.93. The Kier molecular flexibility index (Phi) is 10.1. The number of aromatic nitrogens is 1. The van der Waals surface area contributed by atoms with Crippen molar-refractivity contribution in [2.24, 2.45) is 16.0 Å². The van der Waals surface area contributed by atoms with E-state index < -0.39 is 0 Å². The third-order valence-electron chi connectivity index (χ3n) is 4.04. The number of amidine groups is 1. The van der Waals surface area contributed by atoms with Gasteiger partial charge in [0.25, 0.3) is 0 Å². The van der Waals surface area contributed by atoms with Crippen LogP contribution in [0.2, 0.25) is 0 Å². The van der Waals surface area contributed by atoms with Crippen LogP contribution in [0, 0.1) is 12.3 Å². The van der Waals surface area contributed by atoms with Crippen molar-refractivity contribution in [3.8, 4) is 0 Å². The average molecular weight is 479 g/mol. The normalized spacial score (nSPS) is 10.8. The average Bonchev–Trinajstić information content (AvgIpc) is 3.17. The van der Waals surface area contributed by atoms with Gasteiger partial charge in [0.2, 0.25) is 5.13 Å². The van der Waals surface area contributed by atoms with E-state index in [0.29, 0.717) is 29.7 Å². The van der Waals surface area contributed by atoms with Crippen molar-refractivity contribution in [3.05, 3.63) is 34.8 Å². The second kappa shape index (κ2) is 12.8. The van der Waals surface area contributed by atoms with E-state index in [1.807, 2.05) is 35.4 Å². The molecular formula is C20H26N6O4S2. The van der Waals surface area contributed by atoms with Crippen LogP contribution in [0.5, 0.6) is 0 Å². The number of nitrogens with two attached hydrogens (primary N) is 1. The lowest BCUT2D eigenvalue weighted by Gasteiger charge is -2.25. The number of azo groups is 1. The lowest BCUT2D eigenvalue weighted by molar-refractivity contribution is -0.141. The second-order valence-electron chi connectivity index (χ2n) is 6.61. The Morgan fingerprint density at radius 1 is 1.19 bits per heavy atom. The molecule has 0 radical (unpaired) electrons. The molecule has 1 aromatic heterocycles. The molecule has 172 valence electrons. The molecule has 0 fully saturated rings. The Bertz CT molecular complexity index is 959. The fourth-order valence-electron chi connectivity index (χ4n) is 2.57. The van der Waals surface area contributed by atoms with Crippen LogP contribution >= 0.6 is 23.1 Å². The topological polar surface area (TPSA) is 143 Å². The number of aryl methyl sites for hydroxylation is 1. The maximum absolute atomic E-state index is 11.1. The first-order chi connectivity index (χ1) is 15.2. The lowest BCUT2D eigenvalue weighted by Crippen LogP contribution is -2.31. The van der Waals surface area contributed by atoms with Gasteiger partial charge >= 0.3 is 11.9 Å². The van der Waals surface area contributed by atoms with Crippen molar-refractivity contribution in [1.29, 1.82) is 5.41 Å². The van der Waals surface area contributed by atoms with Gasteiger partial charge in [-0.05, 0) is 30.7 Å². The number of carbonyl (C=O) groups excluding carboxylic acids is 2. The summed E-state index contributed by atoms with van der Waals surface area (Å²) < 4.78 is 10.1. The van der Waals surface area contributed by atoms with E-state index in [2.05, 4.69) is 15.2 Å². The highest BCUT2D eigenvalue weighted by Crippen LogP contribution is 2.28. The minimum absolute atomic E-state index is 0.0478. The van der Waals surface area contributed by atoms with Crippen LogP contribution in [0.15, 0.2) is 33.8 Å². The van der Waals surface area contributed by atoms with Crippen LogP contribution in [0.1, 0.15) is 25.1 Å². The number of carbonyl (C=O) groups is 2. The van der Waals surface area contributed by atoms with Gasteiger partial charge in [-0.1, -0.05) is 11.8 Å². The van der Waals surface area contributed by atoms with Crippen molar-refractivity contribution in [1.82, 2.24) is 4.98 Å². The van der Waals surface area contributed by atoms with E-state index in [-0.39, 0.29) is 30.3 Å². The van der Waals surface area contributed by atoms with Crippen molar-refractivity contribution in [3.63, 3.8) is 0 Å². The van der Waals surface area contributed by atoms with Gasteiger partial charge < -0.3 is 20.1 Å². The molecule has 32 heavy (non-hydrogen) atoms. The van der Waals surface area contributed by atoms with E-state index in [9.17, 15) is 9.59 Å². The molecule has 12 heteroatoms. The van der Waals surface area contributed by atoms with Crippen LogP contribution in [0.4, 0.5) is 16.5 Å². The minimum atomic E-state index is -0.345. The number of hydrogen-bond donors (Lipinski definition) is 2. The lowest BCUT2D eigenvalue weighted by atomic mass is 10.1. The summed E-state index contributed by atoms with van der Waals surface area (Å²) >= 11 is 2.58. The maximum Gasteiger partial charge on any atom is 0.302 e. The molecule has 0 amide bonds. The molecule has 2 rings (SSSR count). The Morgan fingerprint density at radius 2 is 1.84 bits per heavy atom. The van der Waals surface area contributed by atoms with Gasteiger partial charge in [-0.25, -0.2) is 4.98 Å². The summed E-state index contributed by atoms with van der Waals surface area (Å²) in [5, 5.41) is 18.2. The second-order valence-corrected chi connectivity index (χ2v) is 8.47. The summed E-state index contributed by atoms with van der Waals surface area (Å²) in [6.45, 7) is 6.02. The molecule has 0 saturated heterocycles. The fraction of sp³-hybridized carbons (Fsp3) is 0.400. The van der Waals surface area contributed by atoms with Gasteiger partial charge in [-0.2, -0.15) is 0 Å². The summed E-state index contributed by atoms with van der Waals surface area (Å²) in [6, 6.07) is 5.69. The first-order valence-corrected chi connectivity index (χ1v) is 11.6. The summed E-state index contributed by atoms with van der Waals surface area (Å²) in [5.74, 6) is -0.171. The molecule has 0 aliphatic heterocycles. The molecule has 2 aromatic rings. The molecule has 0 unspecified atom stereocenters. The molecule has 0 aliphatic rings. The minimum Gasteiger partial charge on any atom is -0.464 e. The van der Waals surface area contributed by atoms with Crippen LogP contribution in [-0.2, 0) is 24.8 Å². The molecule has 3 N–H and O–H groups in total. The Labute approximate surface area is 194 Å². The number of hydrogen-bond acceptors (Lipinski definition) is 11. The highest BCUT2D eigenvalue weighted by molar-refractivity contribution is 8.13. The SMILES string of the molecule is CC(=O)OCCN(CCOC(C)=O)c1ccc(N=Nc2nc(CSC(=N)N)cs2)c(C)c1. The fourth-order valence-corrected chi connectivity index (χ4v) is 3.77. The van der Waals surface area contributed by atoms with Gasteiger partial charge in [-0.3, -0.25) is 15.0 Å². The molecule has 0 atom stereocenters. The molecule has 0 bridgehead atoms. The number of thiazole rings is 1. The number of ether oxygens (including phenoxy) is 2. The summed E-state index contributed by atoms with van der Waals surface area (Å²) in [5.41, 5.74) is 8.63. The van der Waals surface area contributed by atoms with Gasteiger partial charge in [-0.15, -0.1) is 21.6 Å². The number of thioether (sulfide) groups is 1. The molecule has 0 spiro atoms. The zero-order valence-corrected chi connectivity index (χ0v) is 19.8. The summed E-state index contributed by atoms with van der Waals surface area (Å²) in [4.78, 5) is 28.5. The largest absolute Gasteiger partial charge is 0.464 e. The number of benzene rings is 1.